The zero-order chi connectivity index (χ0) is 7.90. The summed E-state index contributed by atoms with van der Waals surface area (Å²) in [5, 5.41) is 7.22. The number of aryl methyl sites for hydroxylation is 1. The van der Waals surface area contributed by atoms with E-state index < -0.39 is 0 Å². The van der Waals surface area contributed by atoms with Gasteiger partial charge in [-0.25, -0.2) is 0 Å². The van der Waals surface area contributed by atoms with Crippen LogP contribution in [0.2, 0.25) is 0 Å². The average Bonchev–Trinajstić information content (AvgIpc) is 2.30. The molecule has 4 heteroatoms. The first-order chi connectivity index (χ1) is 5.22. The van der Waals surface area contributed by atoms with Crippen LogP contribution in [-0.4, -0.2) is 22.9 Å². The van der Waals surface area contributed by atoms with Crippen LogP contribution in [0.25, 0.3) is 0 Å². The summed E-state index contributed by atoms with van der Waals surface area (Å²) in [5.41, 5.74) is 6.98. The summed E-state index contributed by atoms with van der Waals surface area (Å²) in [6, 6.07) is 1.97. The van der Waals surface area contributed by atoms with Crippen molar-refractivity contribution in [1.82, 2.24) is 15.1 Å². The standard InChI is InChI=1S/C7H12N4/c1-11-6(2-3-10-11)7(8)4-9-5-7/h2-3,9H,4-5,8H2,1H3. The Hall–Kier alpha value is -0.870. The second-order valence-electron chi connectivity index (χ2n) is 3.10. The molecule has 0 aliphatic carbocycles. The quantitative estimate of drug-likeness (QED) is 0.552. The average molecular weight is 152 g/mol. The van der Waals surface area contributed by atoms with E-state index in [1.54, 1.807) is 6.20 Å². The summed E-state index contributed by atoms with van der Waals surface area (Å²) in [6.45, 7) is 1.71. The molecule has 0 aromatic carbocycles. The van der Waals surface area contributed by atoms with E-state index in [1.165, 1.54) is 0 Å². The molecule has 1 aliphatic rings. The van der Waals surface area contributed by atoms with Crippen LogP contribution in [0.15, 0.2) is 12.3 Å². The first kappa shape index (κ1) is 6.82. The highest BCUT2D eigenvalue weighted by Crippen LogP contribution is 2.20. The molecular formula is C7H12N4. The Morgan fingerprint density at radius 2 is 2.45 bits per heavy atom. The minimum atomic E-state index is -0.175. The van der Waals surface area contributed by atoms with E-state index in [0.717, 1.165) is 18.8 Å². The maximum absolute atomic E-state index is 6.05. The number of nitrogens with two attached hydrogens (primary N) is 1. The molecule has 0 spiro atoms. The minimum Gasteiger partial charge on any atom is -0.318 e. The third-order valence-corrected chi connectivity index (χ3v) is 2.21. The van der Waals surface area contributed by atoms with Crippen molar-refractivity contribution in [2.24, 2.45) is 12.8 Å². The van der Waals surface area contributed by atoms with Gasteiger partial charge in [-0.1, -0.05) is 0 Å². The number of rotatable bonds is 1. The highest BCUT2D eigenvalue weighted by Gasteiger charge is 2.36. The third-order valence-electron chi connectivity index (χ3n) is 2.21. The van der Waals surface area contributed by atoms with Crippen molar-refractivity contribution in [2.75, 3.05) is 13.1 Å². The topological polar surface area (TPSA) is 55.9 Å². The number of nitrogens with zero attached hydrogens (tertiary/aromatic N) is 2. The van der Waals surface area contributed by atoms with Gasteiger partial charge in [-0.15, -0.1) is 0 Å². The monoisotopic (exact) mass is 152 g/mol. The van der Waals surface area contributed by atoms with E-state index in [9.17, 15) is 0 Å². The number of hydrogen-bond donors (Lipinski definition) is 2. The fourth-order valence-electron chi connectivity index (χ4n) is 1.44. The van der Waals surface area contributed by atoms with Crippen molar-refractivity contribution in [3.8, 4) is 0 Å². The van der Waals surface area contributed by atoms with E-state index in [4.69, 9.17) is 5.73 Å². The Bertz CT molecular complexity index is 261. The molecule has 0 radical (unpaired) electrons. The Labute approximate surface area is 65.4 Å². The molecule has 0 saturated carbocycles. The molecule has 1 aromatic rings. The van der Waals surface area contributed by atoms with Crippen LogP contribution in [0.5, 0.6) is 0 Å². The van der Waals surface area contributed by atoms with Crippen LogP contribution >= 0.6 is 0 Å². The van der Waals surface area contributed by atoms with Crippen LogP contribution in [0.1, 0.15) is 5.69 Å². The summed E-state index contributed by atoms with van der Waals surface area (Å²) < 4.78 is 1.83. The van der Waals surface area contributed by atoms with Gasteiger partial charge in [0, 0.05) is 26.3 Å². The molecule has 1 fully saturated rings. The molecule has 3 N–H and O–H groups in total. The van der Waals surface area contributed by atoms with E-state index in [-0.39, 0.29) is 5.54 Å². The van der Waals surface area contributed by atoms with Crippen molar-refractivity contribution in [3.63, 3.8) is 0 Å². The summed E-state index contributed by atoms with van der Waals surface area (Å²) in [7, 11) is 1.92. The number of hydrogen-bond acceptors (Lipinski definition) is 3. The van der Waals surface area contributed by atoms with Gasteiger partial charge >= 0.3 is 0 Å². The molecule has 60 valence electrons. The van der Waals surface area contributed by atoms with Crippen LogP contribution in [-0.2, 0) is 12.6 Å². The van der Waals surface area contributed by atoms with Crippen LogP contribution in [0.4, 0.5) is 0 Å². The minimum absolute atomic E-state index is 0.175. The fraction of sp³-hybridized carbons (Fsp3) is 0.571. The predicted octanol–water partition coefficient (Wildman–Crippen LogP) is -0.823. The molecule has 1 aromatic heterocycles. The lowest BCUT2D eigenvalue weighted by molar-refractivity contribution is 0.270. The molecule has 0 amide bonds. The van der Waals surface area contributed by atoms with Crippen LogP contribution in [0, 0.1) is 0 Å². The molecule has 1 aliphatic heterocycles. The molecule has 2 heterocycles. The lowest BCUT2D eigenvalue weighted by Gasteiger charge is -2.38. The van der Waals surface area contributed by atoms with Gasteiger partial charge in [-0.05, 0) is 6.07 Å². The van der Waals surface area contributed by atoms with E-state index in [1.807, 2.05) is 17.8 Å². The summed E-state index contributed by atoms with van der Waals surface area (Å²) in [6.07, 6.45) is 1.78. The lowest BCUT2D eigenvalue weighted by atomic mass is 9.90. The zero-order valence-electron chi connectivity index (χ0n) is 6.54. The van der Waals surface area contributed by atoms with Gasteiger partial charge in [0.25, 0.3) is 0 Å². The van der Waals surface area contributed by atoms with Gasteiger partial charge in [-0.2, -0.15) is 5.10 Å². The Morgan fingerprint density at radius 3 is 2.82 bits per heavy atom. The smallest absolute Gasteiger partial charge is 0.0832 e. The fourth-order valence-corrected chi connectivity index (χ4v) is 1.44. The Kier molecular flexibility index (Phi) is 1.27. The van der Waals surface area contributed by atoms with Crippen molar-refractivity contribution in [3.05, 3.63) is 18.0 Å². The van der Waals surface area contributed by atoms with Gasteiger partial charge in [-0.3, -0.25) is 4.68 Å². The molecule has 1 saturated heterocycles. The second-order valence-corrected chi connectivity index (χ2v) is 3.10. The number of nitrogens with one attached hydrogen (secondary N) is 1. The van der Waals surface area contributed by atoms with Gasteiger partial charge < -0.3 is 11.1 Å². The van der Waals surface area contributed by atoms with Gasteiger partial charge in [0.1, 0.15) is 0 Å². The van der Waals surface area contributed by atoms with Gasteiger partial charge in [0.15, 0.2) is 0 Å². The first-order valence-corrected chi connectivity index (χ1v) is 3.70. The van der Waals surface area contributed by atoms with Crippen LogP contribution in [0.3, 0.4) is 0 Å². The van der Waals surface area contributed by atoms with Gasteiger partial charge in [0.2, 0.25) is 0 Å². The summed E-state index contributed by atoms with van der Waals surface area (Å²) in [5.74, 6) is 0. The number of aromatic nitrogens is 2. The zero-order valence-corrected chi connectivity index (χ0v) is 6.54. The molecule has 0 unspecified atom stereocenters. The maximum Gasteiger partial charge on any atom is 0.0832 e. The molecule has 11 heavy (non-hydrogen) atoms. The molecular weight excluding hydrogens is 140 g/mol. The summed E-state index contributed by atoms with van der Waals surface area (Å²) >= 11 is 0. The van der Waals surface area contributed by atoms with Crippen molar-refractivity contribution in [1.29, 1.82) is 0 Å². The maximum atomic E-state index is 6.05. The molecule has 4 nitrogen and oxygen atoms in total. The molecule has 2 rings (SSSR count). The third kappa shape index (κ3) is 0.868. The normalized spacial score (nSPS) is 21.3. The van der Waals surface area contributed by atoms with Gasteiger partial charge in [0.05, 0.1) is 11.2 Å². The Morgan fingerprint density at radius 1 is 1.73 bits per heavy atom. The Balaban J connectivity index is 2.35. The molecule has 0 bridgehead atoms. The lowest BCUT2D eigenvalue weighted by Crippen LogP contribution is -2.63. The second kappa shape index (κ2) is 2.06. The highest BCUT2D eigenvalue weighted by molar-refractivity contribution is 5.19. The van der Waals surface area contributed by atoms with Crippen molar-refractivity contribution < 1.29 is 0 Å². The van der Waals surface area contributed by atoms with Crippen molar-refractivity contribution >= 4 is 0 Å². The molecule has 0 atom stereocenters. The largest absolute Gasteiger partial charge is 0.318 e. The summed E-state index contributed by atoms with van der Waals surface area (Å²) in [4.78, 5) is 0. The van der Waals surface area contributed by atoms with E-state index in [0.29, 0.717) is 0 Å². The van der Waals surface area contributed by atoms with E-state index in [2.05, 4.69) is 10.4 Å². The van der Waals surface area contributed by atoms with Crippen molar-refractivity contribution in [2.45, 2.75) is 5.54 Å². The highest BCUT2D eigenvalue weighted by atomic mass is 15.3. The van der Waals surface area contributed by atoms with E-state index >= 15 is 0 Å². The first-order valence-electron chi connectivity index (χ1n) is 3.70. The predicted molar refractivity (Wildman–Crippen MR) is 41.9 cm³/mol. The van der Waals surface area contributed by atoms with Crippen LogP contribution < -0.4 is 11.1 Å². The SMILES string of the molecule is Cn1nccc1C1(N)CNC1.